The third-order valence-electron chi connectivity index (χ3n) is 7.67. The molecule has 0 atom stereocenters. The van der Waals surface area contributed by atoms with E-state index in [1.54, 1.807) is 36.4 Å². The fraction of sp³-hybridized carbons (Fsp3) is 0.323. The van der Waals surface area contributed by atoms with Crippen molar-refractivity contribution in [2.75, 3.05) is 30.3 Å². The first-order chi connectivity index (χ1) is 19.7. The first kappa shape index (κ1) is 27.3. The molecule has 41 heavy (non-hydrogen) atoms. The fourth-order valence-electron chi connectivity index (χ4n) is 5.39. The molecule has 0 amide bonds. The summed E-state index contributed by atoms with van der Waals surface area (Å²) in [5, 5.41) is 10.7. The van der Waals surface area contributed by atoms with Crippen molar-refractivity contribution in [3.63, 3.8) is 0 Å². The van der Waals surface area contributed by atoms with Crippen molar-refractivity contribution in [2.45, 2.75) is 31.6 Å². The van der Waals surface area contributed by atoms with Crippen LogP contribution < -0.4 is 9.04 Å². The summed E-state index contributed by atoms with van der Waals surface area (Å²) in [6.07, 6.45) is 4.59. The normalized spacial score (nSPS) is 16.1. The predicted molar refractivity (Wildman–Crippen MR) is 153 cm³/mol. The van der Waals surface area contributed by atoms with Crippen molar-refractivity contribution in [1.29, 1.82) is 0 Å². The van der Waals surface area contributed by atoms with Gasteiger partial charge in [0.2, 0.25) is 10.0 Å². The van der Waals surface area contributed by atoms with E-state index in [9.17, 15) is 22.7 Å². The molecular formula is C31H30FNO7S. The van der Waals surface area contributed by atoms with Crippen molar-refractivity contribution in [3.05, 3.63) is 77.6 Å². The molecule has 0 radical (unpaired) electrons. The van der Waals surface area contributed by atoms with E-state index < -0.39 is 16.0 Å². The van der Waals surface area contributed by atoms with Gasteiger partial charge in [-0.3, -0.25) is 4.31 Å². The molecule has 1 N–H and O–H groups in total. The quantitative estimate of drug-likeness (QED) is 0.232. The average molecular weight is 580 g/mol. The molecule has 214 valence electrons. The van der Waals surface area contributed by atoms with Crippen molar-refractivity contribution in [3.8, 4) is 22.8 Å². The Balaban J connectivity index is 1.40. The maximum atomic E-state index is 13.2. The van der Waals surface area contributed by atoms with Gasteiger partial charge in [-0.2, -0.15) is 0 Å². The predicted octanol–water partition coefficient (Wildman–Crippen LogP) is 6.80. The number of fused-ring (bicyclic) bond motifs is 1. The summed E-state index contributed by atoms with van der Waals surface area (Å²) in [7, 11) is -3.62. The summed E-state index contributed by atoms with van der Waals surface area (Å²) in [6.45, 7) is 1.55. The highest BCUT2D eigenvalue weighted by molar-refractivity contribution is 7.92. The Bertz CT molecular complexity index is 1690. The van der Waals surface area contributed by atoms with Crippen molar-refractivity contribution in [2.24, 2.45) is 5.92 Å². The molecule has 4 aromatic rings. The average Bonchev–Trinajstić information content (AvgIpc) is 3.72. The molecule has 2 aliphatic rings. The molecule has 3 aromatic carbocycles. The van der Waals surface area contributed by atoms with Gasteiger partial charge in [-0.15, -0.1) is 0 Å². The van der Waals surface area contributed by atoms with E-state index in [1.165, 1.54) is 34.8 Å². The smallest absolute Gasteiger partial charge is 0.340 e. The van der Waals surface area contributed by atoms with E-state index in [2.05, 4.69) is 0 Å². The zero-order valence-electron chi connectivity index (χ0n) is 22.5. The SMILES string of the molecule is CS(=O)(=O)N(CC1CCOCC1)c1cc2oc(-c3ccc(Oc4ccc(F)cc4)cc3)c(C(=O)O)c2cc1C1CC1. The van der Waals surface area contributed by atoms with Gasteiger partial charge in [-0.1, -0.05) is 0 Å². The van der Waals surface area contributed by atoms with Crippen LogP contribution in [-0.4, -0.2) is 45.5 Å². The molecule has 1 aliphatic carbocycles. The van der Waals surface area contributed by atoms with Crippen LogP contribution in [0.3, 0.4) is 0 Å². The number of carbonyl (C=O) groups is 1. The molecule has 1 aromatic heterocycles. The van der Waals surface area contributed by atoms with Crippen LogP contribution >= 0.6 is 0 Å². The molecule has 8 nitrogen and oxygen atoms in total. The lowest BCUT2D eigenvalue weighted by molar-refractivity contribution is 0.0690. The molecule has 1 saturated heterocycles. The Hall–Kier alpha value is -3.89. The Kier molecular flexibility index (Phi) is 7.21. The van der Waals surface area contributed by atoms with Crippen LogP contribution in [0.25, 0.3) is 22.3 Å². The lowest BCUT2D eigenvalue weighted by Crippen LogP contribution is -2.37. The molecule has 0 spiro atoms. The van der Waals surface area contributed by atoms with Gasteiger partial charge in [-0.25, -0.2) is 17.6 Å². The summed E-state index contributed by atoms with van der Waals surface area (Å²) in [5.74, 6) is -0.0454. The lowest BCUT2D eigenvalue weighted by Gasteiger charge is -2.31. The van der Waals surface area contributed by atoms with E-state index in [-0.39, 0.29) is 29.0 Å². The van der Waals surface area contributed by atoms with Gasteiger partial charge in [0, 0.05) is 36.8 Å². The number of anilines is 1. The Morgan fingerprint density at radius 2 is 1.63 bits per heavy atom. The van der Waals surface area contributed by atoms with Gasteiger partial charge in [-0.05, 0) is 97.7 Å². The molecular weight excluding hydrogens is 549 g/mol. The van der Waals surface area contributed by atoms with Gasteiger partial charge >= 0.3 is 5.97 Å². The van der Waals surface area contributed by atoms with E-state index in [1.807, 2.05) is 0 Å². The zero-order chi connectivity index (χ0) is 28.7. The van der Waals surface area contributed by atoms with Gasteiger partial charge in [0.1, 0.15) is 34.2 Å². The first-order valence-electron chi connectivity index (χ1n) is 13.6. The number of aromatic carboxylic acids is 1. The van der Waals surface area contributed by atoms with Crippen molar-refractivity contribution < 1.29 is 36.6 Å². The maximum Gasteiger partial charge on any atom is 0.340 e. The summed E-state index contributed by atoms with van der Waals surface area (Å²) in [5.41, 5.74) is 2.24. The highest BCUT2D eigenvalue weighted by Gasteiger charge is 2.34. The fourth-order valence-corrected chi connectivity index (χ4v) is 6.39. The van der Waals surface area contributed by atoms with E-state index >= 15 is 0 Å². The number of hydrogen-bond acceptors (Lipinski definition) is 6. The second-order valence-electron chi connectivity index (χ2n) is 10.7. The number of nitrogens with zero attached hydrogens (tertiary/aromatic N) is 1. The molecule has 10 heteroatoms. The van der Waals surface area contributed by atoms with Gasteiger partial charge in [0.25, 0.3) is 0 Å². The highest BCUT2D eigenvalue weighted by atomic mass is 32.2. The number of halogens is 1. The molecule has 1 aliphatic heterocycles. The second-order valence-corrected chi connectivity index (χ2v) is 12.6. The van der Waals surface area contributed by atoms with Crippen LogP contribution in [-0.2, 0) is 14.8 Å². The van der Waals surface area contributed by atoms with Crippen LogP contribution in [0.5, 0.6) is 11.5 Å². The van der Waals surface area contributed by atoms with Crippen LogP contribution in [0.15, 0.2) is 65.1 Å². The Morgan fingerprint density at radius 1 is 1.00 bits per heavy atom. The topological polar surface area (TPSA) is 106 Å². The van der Waals surface area contributed by atoms with Gasteiger partial charge < -0.3 is 19.0 Å². The number of carboxylic acid groups (broad SMARTS) is 1. The third kappa shape index (κ3) is 5.80. The molecule has 0 unspecified atom stereocenters. The highest BCUT2D eigenvalue weighted by Crippen LogP contribution is 2.48. The largest absolute Gasteiger partial charge is 0.478 e. The summed E-state index contributed by atoms with van der Waals surface area (Å²) >= 11 is 0. The number of rotatable bonds is 9. The summed E-state index contributed by atoms with van der Waals surface area (Å²) < 4.78 is 58.2. The van der Waals surface area contributed by atoms with Crippen LogP contribution in [0.1, 0.15) is 47.5 Å². The summed E-state index contributed by atoms with van der Waals surface area (Å²) in [4.78, 5) is 12.5. The number of hydrogen-bond donors (Lipinski definition) is 1. The van der Waals surface area contributed by atoms with Crippen molar-refractivity contribution >= 4 is 32.6 Å². The monoisotopic (exact) mass is 579 g/mol. The van der Waals surface area contributed by atoms with Crippen molar-refractivity contribution in [1.82, 2.24) is 0 Å². The molecule has 6 rings (SSSR count). The van der Waals surface area contributed by atoms with Crippen LogP contribution in [0, 0.1) is 11.7 Å². The zero-order valence-corrected chi connectivity index (χ0v) is 23.3. The third-order valence-corrected chi connectivity index (χ3v) is 8.81. The maximum absolute atomic E-state index is 13.2. The number of carboxylic acids is 1. The Labute approximate surface area is 237 Å². The van der Waals surface area contributed by atoms with Crippen LogP contribution in [0.2, 0.25) is 0 Å². The molecule has 0 bridgehead atoms. The molecule has 1 saturated carbocycles. The van der Waals surface area contributed by atoms with Gasteiger partial charge in [0.05, 0.1) is 11.9 Å². The van der Waals surface area contributed by atoms with Gasteiger partial charge in [0.15, 0.2) is 0 Å². The minimum Gasteiger partial charge on any atom is -0.478 e. The number of ether oxygens (including phenoxy) is 2. The summed E-state index contributed by atoms with van der Waals surface area (Å²) in [6, 6.07) is 15.9. The molecule has 2 heterocycles. The van der Waals surface area contributed by atoms with E-state index in [4.69, 9.17) is 13.9 Å². The number of benzene rings is 3. The second kappa shape index (κ2) is 10.8. The lowest BCUT2D eigenvalue weighted by atomic mass is 9.98. The standard InChI is InChI=1S/C31H30FNO7S/c1-41(36,37)33(18-19-12-14-38-15-13-19)27-17-28-26(16-25(27)20-2-3-20)29(31(34)35)30(40-28)21-4-8-23(9-5-21)39-24-10-6-22(32)7-11-24/h4-11,16-17,19-20H,2-3,12-15,18H2,1H3,(H,34,35). The van der Waals surface area contributed by atoms with E-state index in [0.29, 0.717) is 53.5 Å². The number of furan rings is 1. The van der Waals surface area contributed by atoms with Crippen LogP contribution in [0.4, 0.5) is 10.1 Å². The Morgan fingerprint density at radius 3 is 2.22 bits per heavy atom. The van der Waals surface area contributed by atoms with E-state index in [0.717, 1.165) is 31.2 Å². The number of sulfonamides is 1. The molecule has 2 fully saturated rings. The minimum absolute atomic E-state index is 0.0241. The minimum atomic E-state index is -3.62. The first-order valence-corrected chi connectivity index (χ1v) is 15.5.